The van der Waals surface area contributed by atoms with Gasteiger partial charge in [-0.1, -0.05) is 48.5 Å². The Bertz CT molecular complexity index is 1360. The lowest BCUT2D eigenvalue weighted by Crippen LogP contribution is -2.08. The Morgan fingerprint density at radius 3 is 2.61 bits per heavy atom. The van der Waals surface area contributed by atoms with Crippen LogP contribution in [0.2, 0.25) is 0 Å². The number of nitrogens with zero attached hydrogens (tertiary/aromatic N) is 1. The Morgan fingerprint density at radius 1 is 0.939 bits per heavy atom. The lowest BCUT2D eigenvalue weighted by Gasteiger charge is -2.07. The number of pyridine rings is 1. The van der Waals surface area contributed by atoms with Crippen LogP contribution in [-0.2, 0) is 11.2 Å². The van der Waals surface area contributed by atoms with E-state index >= 15 is 0 Å². The van der Waals surface area contributed by atoms with E-state index in [1.54, 1.807) is 24.3 Å². The Morgan fingerprint density at radius 2 is 1.76 bits per heavy atom. The molecular formula is C28H22FNO3. The molecule has 4 nitrogen and oxygen atoms in total. The fourth-order valence-corrected chi connectivity index (χ4v) is 3.64. The van der Waals surface area contributed by atoms with Crippen LogP contribution in [0.15, 0.2) is 78.9 Å². The maximum absolute atomic E-state index is 13.5. The van der Waals surface area contributed by atoms with Crippen molar-refractivity contribution in [2.75, 3.05) is 7.11 Å². The van der Waals surface area contributed by atoms with E-state index in [4.69, 9.17) is 4.74 Å². The van der Waals surface area contributed by atoms with Gasteiger partial charge in [0.05, 0.1) is 23.9 Å². The zero-order chi connectivity index (χ0) is 23.2. The molecule has 164 valence electrons. The molecule has 1 aromatic heterocycles. The van der Waals surface area contributed by atoms with E-state index in [1.807, 2.05) is 54.6 Å². The number of esters is 1. The molecule has 0 aliphatic rings. The van der Waals surface area contributed by atoms with E-state index in [1.165, 1.54) is 19.2 Å². The minimum Gasteiger partial charge on any atom is -0.465 e. The molecule has 3 aromatic carbocycles. The molecule has 0 unspecified atom stereocenters. The van der Waals surface area contributed by atoms with Gasteiger partial charge in [0.2, 0.25) is 0 Å². The lowest BCUT2D eigenvalue weighted by molar-refractivity contribution is 0.0599. The maximum Gasteiger partial charge on any atom is 0.338 e. The van der Waals surface area contributed by atoms with Crippen molar-refractivity contribution < 1.29 is 18.7 Å². The number of Topliss-reactive ketones (excluding diaryl/α,β-unsaturated/α-hetero) is 1. The van der Waals surface area contributed by atoms with E-state index in [0.29, 0.717) is 28.8 Å². The number of aromatic nitrogens is 1. The first-order valence-corrected chi connectivity index (χ1v) is 10.6. The largest absolute Gasteiger partial charge is 0.465 e. The molecule has 0 radical (unpaired) electrons. The van der Waals surface area contributed by atoms with Crippen LogP contribution < -0.4 is 0 Å². The van der Waals surface area contributed by atoms with Crippen molar-refractivity contribution in [3.05, 3.63) is 113 Å². The van der Waals surface area contributed by atoms with Gasteiger partial charge in [-0.3, -0.25) is 4.79 Å². The Hall–Kier alpha value is -4.12. The smallest absolute Gasteiger partial charge is 0.338 e. The molecule has 0 atom stereocenters. The average molecular weight is 439 g/mol. The second-order valence-electron chi connectivity index (χ2n) is 7.60. The zero-order valence-corrected chi connectivity index (χ0v) is 18.1. The van der Waals surface area contributed by atoms with Gasteiger partial charge in [-0.25, -0.2) is 14.2 Å². The quantitative estimate of drug-likeness (QED) is 0.256. The average Bonchev–Trinajstić information content (AvgIpc) is 2.85. The number of aryl methyl sites for hydroxylation is 1. The minimum absolute atomic E-state index is 0.00998. The van der Waals surface area contributed by atoms with Gasteiger partial charge >= 0.3 is 5.97 Å². The van der Waals surface area contributed by atoms with Gasteiger partial charge in [0, 0.05) is 23.4 Å². The molecule has 0 aliphatic heterocycles. The van der Waals surface area contributed by atoms with Gasteiger partial charge in [-0.05, 0) is 54.0 Å². The molecule has 0 N–H and O–H groups in total. The topological polar surface area (TPSA) is 56.3 Å². The highest BCUT2D eigenvalue weighted by Crippen LogP contribution is 2.18. The number of methoxy groups -OCH3 is 1. The predicted molar refractivity (Wildman–Crippen MR) is 128 cm³/mol. The number of rotatable bonds is 7. The monoisotopic (exact) mass is 439 g/mol. The summed E-state index contributed by atoms with van der Waals surface area (Å²) in [6, 6.07) is 22.8. The van der Waals surface area contributed by atoms with E-state index in [-0.39, 0.29) is 18.0 Å². The van der Waals surface area contributed by atoms with Crippen LogP contribution in [0.1, 0.15) is 44.0 Å². The molecule has 0 saturated carbocycles. The molecule has 33 heavy (non-hydrogen) atoms. The van der Waals surface area contributed by atoms with E-state index in [9.17, 15) is 14.0 Å². The van der Waals surface area contributed by atoms with Crippen LogP contribution in [-0.4, -0.2) is 23.8 Å². The number of hydrogen-bond acceptors (Lipinski definition) is 4. The zero-order valence-electron chi connectivity index (χ0n) is 18.1. The Kier molecular flexibility index (Phi) is 6.69. The third-order valence-electron chi connectivity index (χ3n) is 5.37. The van der Waals surface area contributed by atoms with Gasteiger partial charge in [0.1, 0.15) is 5.82 Å². The van der Waals surface area contributed by atoms with Gasteiger partial charge < -0.3 is 4.74 Å². The maximum atomic E-state index is 13.5. The van der Waals surface area contributed by atoms with E-state index in [2.05, 4.69) is 4.98 Å². The summed E-state index contributed by atoms with van der Waals surface area (Å²) in [6.45, 7) is 0. The summed E-state index contributed by atoms with van der Waals surface area (Å²) in [4.78, 5) is 29.2. The van der Waals surface area contributed by atoms with Crippen molar-refractivity contribution in [2.45, 2.75) is 12.8 Å². The second kappa shape index (κ2) is 10.0. The third-order valence-corrected chi connectivity index (χ3v) is 5.37. The van der Waals surface area contributed by atoms with Gasteiger partial charge in [-0.15, -0.1) is 0 Å². The molecule has 4 aromatic rings. The molecule has 0 bridgehead atoms. The molecule has 0 fully saturated rings. The summed E-state index contributed by atoms with van der Waals surface area (Å²) in [7, 11) is 1.34. The predicted octanol–water partition coefficient (Wildman–Crippen LogP) is 6.15. The molecular weight excluding hydrogens is 417 g/mol. The Balaban J connectivity index is 1.47. The summed E-state index contributed by atoms with van der Waals surface area (Å²) >= 11 is 0. The molecule has 0 amide bonds. The molecule has 5 heteroatoms. The molecule has 1 heterocycles. The number of ketones is 1. The summed E-state index contributed by atoms with van der Waals surface area (Å²) in [5, 5.41) is 0.870. The first kappa shape index (κ1) is 22.1. The number of carbonyl (C=O) groups excluding carboxylic acids is 2. The molecule has 0 spiro atoms. The van der Waals surface area contributed by atoms with Crippen LogP contribution in [0.4, 0.5) is 4.39 Å². The van der Waals surface area contributed by atoms with Crippen molar-refractivity contribution >= 4 is 34.8 Å². The van der Waals surface area contributed by atoms with Crippen LogP contribution in [0, 0.1) is 5.82 Å². The summed E-state index contributed by atoms with van der Waals surface area (Å²) in [5.41, 5.74) is 4.01. The summed E-state index contributed by atoms with van der Waals surface area (Å²) in [5.74, 6) is -0.740. The fourth-order valence-electron chi connectivity index (χ4n) is 3.64. The molecule has 0 aliphatic carbocycles. The normalized spacial score (nSPS) is 11.1. The van der Waals surface area contributed by atoms with Gasteiger partial charge in [0.25, 0.3) is 0 Å². The van der Waals surface area contributed by atoms with Crippen LogP contribution in [0.25, 0.3) is 23.1 Å². The minimum atomic E-state index is -0.407. The van der Waals surface area contributed by atoms with Crippen molar-refractivity contribution in [1.29, 1.82) is 0 Å². The number of halogens is 1. The highest BCUT2D eigenvalue weighted by molar-refractivity contribution is 5.97. The first-order chi connectivity index (χ1) is 16.0. The van der Waals surface area contributed by atoms with Crippen LogP contribution in [0.3, 0.4) is 0 Å². The summed E-state index contributed by atoms with van der Waals surface area (Å²) < 4.78 is 18.3. The van der Waals surface area contributed by atoms with Gasteiger partial charge in [-0.2, -0.15) is 0 Å². The van der Waals surface area contributed by atoms with Crippen LogP contribution in [0.5, 0.6) is 0 Å². The highest BCUT2D eigenvalue weighted by Gasteiger charge is 2.13. The number of fused-ring (bicyclic) bond motifs is 1. The standard InChI is InChI=1S/C28H22FNO3/c1-33-28(32)25-8-3-2-6-20(25)12-16-27(31)22-7-4-5-19(17-22)9-14-24-15-11-21-10-13-23(29)18-26(21)30-24/h2-11,13-15,17-18H,12,16H2,1H3. The first-order valence-electron chi connectivity index (χ1n) is 10.6. The Labute approximate surface area is 191 Å². The van der Waals surface area contributed by atoms with Crippen LogP contribution >= 0.6 is 0 Å². The SMILES string of the molecule is COC(=O)c1ccccc1CCC(=O)c1cccc(C=Cc2ccc3ccc(F)cc3n2)c1. The molecule has 0 saturated heterocycles. The number of benzene rings is 3. The van der Waals surface area contributed by atoms with Crippen molar-refractivity contribution in [2.24, 2.45) is 0 Å². The van der Waals surface area contributed by atoms with Crippen molar-refractivity contribution in [3.8, 4) is 0 Å². The highest BCUT2D eigenvalue weighted by atomic mass is 19.1. The summed E-state index contributed by atoms with van der Waals surface area (Å²) in [6.07, 6.45) is 4.43. The fraction of sp³-hybridized carbons (Fsp3) is 0.107. The van der Waals surface area contributed by atoms with Crippen molar-refractivity contribution in [3.63, 3.8) is 0 Å². The number of ether oxygens (including phenoxy) is 1. The third kappa shape index (κ3) is 5.39. The lowest BCUT2D eigenvalue weighted by atomic mass is 9.98. The molecule has 4 rings (SSSR count). The van der Waals surface area contributed by atoms with Crippen molar-refractivity contribution in [1.82, 2.24) is 4.98 Å². The van der Waals surface area contributed by atoms with E-state index < -0.39 is 5.97 Å². The van der Waals surface area contributed by atoms with E-state index in [0.717, 1.165) is 16.5 Å². The second-order valence-corrected chi connectivity index (χ2v) is 7.60. The van der Waals surface area contributed by atoms with Gasteiger partial charge in [0.15, 0.2) is 5.78 Å². The number of hydrogen-bond donors (Lipinski definition) is 0. The number of carbonyl (C=O) groups is 2.